The van der Waals surface area contributed by atoms with Crippen molar-refractivity contribution in [3.8, 4) is 0 Å². The summed E-state index contributed by atoms with van der Waals surface area (Å²) in [4.78, 5) is 4.43. The van der Waals surface area contributed by atoms with Crippen LogP contribution in [0.3, 0.4) is 0 Å². The molecule has 112 valence electrons. The first-order valence-electron chi connectivity index (χ1n) is 7.09. The van der Waals surface area contributed by atoms with Crippen LogP contribution >= 0.6 is 0 Å². The zero-order chi connectivity index (χ0) is 13.9. The van der Waals surface area contributed by atoms with E-state index in [4.69, 9.17) is 0 Å². The summed E-state index contributed by atoms with van der Waals surface area (Å²) in [6.45, 7) is 5.50. The molecule has 7 heteroatoms. The number of nitrogens with one attached hydrogen (secondary N) is 1. The minimum atomic E-state index is -3.29. The zero-order valence-electron chi connectivity index (χ0n) is 12.0. The quantitative estimate of drug-likeness (QED) is 0.752. The standard InChI is InChI=1S/C12H26N4O2S/c1-14-6-8-16(9-7-14)19(17,18)13-10-12-4-3-5-15(2)11-12/h12-13H,3-11H2,1-2H3. The van der Waals surface area contributed by atoms with Gasteiger partial charge in [0.15, 0.2) is 0 Å². The first-order chi connectivity index (χ1) is 8.97. The Kier molecular flexibility index (Phi) is 5.19. The molecule has 1 atom stereocenters. The molecule has 0 aliphatic carbocycles. The minimum absolute atomic E-state index is 0.445. The molecule has 0 amide bonds. The molecule has 6 nitrogen and oxygen atoms in total. The van der Waals surface area contributed by atoms with Crippen molar-refractivity contribution < 1.29 is 8.42 Å². The van der Waals surface area contributed by atoms with Gasteiger partial charge in [0, 0.05) is 39.3 Å². The van der Waals surface area contributed by atoms with Gasteiger partial charge in [0.05, 0.1) is 0 Å². The van der Waals surface area contributed by atoms with E-state index < -0.39 is 10.2 Å². The highest BCUT2D eigenvalue weighted by Gasteiger charge is 2.26. The predicted molar refractivity (Wildman–Crippen MR) is 76.2 cm³/mol. The van der Waals surface area contributed by atoms with Gasteiger partial charge in [-0.25, -0.2) is 4.72 Å². The number of rotatable bonds is 4. The van der Waals surface area contributed by atoms with Gasteiger partial charge in [-0.2, -0.15) is 12.7 Å². The first-order valence-corrected chi connectivity index (χ1v) is 8.53. The highest BCUT2D eigenvalue weighted by Crippen LogP contribution is 2.14. The normalized spacial score (nSPS) is 28.6. The summed E-state index contributed by atoms with van der Waals surface area (Å²) in [5.74, 6) is 0.445. The maximum Gasteiger partial charge on any atom is 0.279 e. The molecule has 19 heavy (non-hydrogen) atoms. The lowest BCUT2D eigenvalue weighted by molar-refractivity contribution is 0.206. The molecule has 0 radical (unpaired) electrons. The molecule has 2 saturated heterocycles. The van der Waals surface area contributed by atoms with E-state index in [0.717, 1.165) is 39.0 Å². The van der Waals surface area contributed by atoms with Crippen molar-refractivity contribution in [3.63, 3.8) is 0 Å². The summed E-state index contributed by atoms with van der Waals surface area (Å²) >= 11 is 0. The van der Waals surface area contributed by atoms with E-state index >= 15 is 0 Å². The van der Waals surface area contributed by atoms with Gasteiger partial charge in [0.25, 0.3) is 10.2 Å². The monoisotopic (exact) mass is 290 g/mol. The third-order valence-corrected chi connectivity index (χ3v) is 5.66. The maximum absolute atomic E-state index is 12.2. The first kappa shape index (κ1) is 15.2. The number of piperidine rings is 1. The summed E-state index contributed by atoms with van der Waals surface area (Å²) in [6.07, 6.45) is 2.28. The Morgan fingerprint density at radius 2 is 1.74 bits per heavy atom. The Hall–Kier alpha value is -0.210. The van der Waals surface area contributed by atoms with E-state index in [1.54, 1.807) is 4.31 Å². The van der Waals surface area contributed by atoms with Crippen LogP contribution in [0.25, 0.3) is 0 Å². The third kappa shape index (κ3) is 4.39. The molecule has 2 heterocycles. The van der Waals surface area contributed by atoms with Crippen molar-refractivity contribution in [2.45, 2.75) is 12.8 Å². The van der Waals surface area contributed by atoms with Crippen molar-refractivity contribution in [1.29, 1.82) is 0 Å². The average Bonchev–Trinajstić information content (AvgIpc) is 2.37. The molecule has 0 saturated carbocycles. The number of hydrogen-bond donors (Lipinski definition) is 1. The average molecular weight is 290 g/mol. The number of hydrogen-bond acceptors (Lipinski definition) is 4. The molecule has 2 aliphatic rings. The van der Waals surface area contributed by atoms with Crippen LogP contribution in [0.5, 0.6) is 0 Å². The largest absolute Gasteiger partial charge is 0.306 e. The highest BCUT2D eigenvalue weighted by molar-refractivity contribution is 7.87. The van der Waals surface area contributed by atoms with Crippen molar-refractivity contribution >= 4 is 10.2 Å². The van der Waals surface area contributed by atoms with Crippen LogP contribution in [0, 0.1) is 5.92 Å². The van der Waals surface area contributed by atoms with E-state index in [9.17, 15) is 8.42 Å². The van der Waals surface area contributed by atoms with Crippen molar-refractivity contribution in [1.82, 2.24) is 18.8 Å². The van der Waals surface area contributed by atoms with Gasteiger partial charge in [-0.05, 0) is 39.4 Å². The molecule has 2 rings (SSSR count). The lowest BCUT2D eigenvalue weighted by atomic mass is 9.99. The maximum atomic E-state index is 12.2. The lowest BCUT2D eigenvalue weighted by Gasteiger charge is -2.33. The van der Waals surface area contributed by atoms with Gasteiger partial charge in [-0.1, -0.05) is 0 Å². The van der Waals surface area contributed by atoms with Gasteiger partial charge >= 0.3 is 0 Å². The molecule has 1 N–H and O–H groups in total. The SMILES string of the molecule is CN1CCN(S(=O)(=O)NCC2CCCN(C)C2)CC1. The second-order valence-electron chi connectivity index (χ2n) is 5.83. The van der Waals surface area contributed by atoms with Crippen LogP contribution in [-0.2, 0) is 10.2 Å². The Labute approximate surface area is 116 Å². The van der Waals surface area contributed by atoms with Crippen LogP contribution in [-0.4, -0.2) is 82.4 Å². The topological polar surface area (TPSA) is 55.9 Å². The fraction of sp³-hybridized carbons (Fsp3) is 1.00. The van der Waals surface area contributed by atoms with E-state index in [1.807, 2.05) is 7.05 Å². The lowest BCUT2D eigenvalue weighted by Crippen LogP contribution is -2.52. The van der Waals surface area contributed by atoms with Gasteiger partial charge in [0.2, 0.25) is 0 Å². The minimum Gasteiger partial charge on any atom is -0.306 e. The molecule has 1 unspecified atom stereocenters. The number of nitrogens with zero attached hydrogens (tertiary/aromatic N) is 3. The number of likely N-dealkylation sites (tertiary alicyclic amines) is 1. The number of piperazine rings is 1. The van der Waals surface area contributed by atoms with E-state index in [0.29, 0.717) is 25.6 Å². The zero-order valence-corrected chi connectivity index (χ0v) is 12.8. The third-order valence-electron chi connectivity index (χ3n) is 4.08. The van der Waals surface area contributed by atoms with Gasteiger partial charge < -0.3 is 9.80 Å². The second-order valence-corrected chi connectivity index (χ2v) is 7.58. The van der Waals surface area contributed by atoms with Crippen LogP contribution in [0.4, 0.5) is 0 Å². The molecule has 0 bridgehead atoms. The van der Waals surface area contributed by atoms with Crippen molar-refractivity contribution in [2.24, 2.45) is 5.92 Å². The summed E-state index contributed by atoms with van der Waals surface area (Å²) in [6, 6.07) is 0. The molecule has 0 aromatic rings. The molecule has 2 aliphatic heterocycles. The van der Waals surface area contributed by atoms with Gasteiger partial charge in [0.1, 0.15) is 0 Å². The molecular weight excluding hydrogens is 264 g/mol. The van der Waals surface area contributed by atoms with Crippen LogP contribution in [0.15, 0.2) is 0 Å². The summed E-state index contributed by atoms with van der Waals surface area (Å²) in [7, 11) is 0.836. The summed E-state index contributed by atoms with van der Waals surface area (Å²) in [5.41, 5.74) is 0. The van der Waals surface area contributed by atoms with E-state index in [-0.39, 0.29) is 0 Å². The second kappa shape index (κ2) is 6.49. The predicted octanol–water partition coefficient (Wildman–Crippen LogP) is -0.590. The van der Waals surface area contributed by atoms with Crippen molar-refractivity contribution in [2.75, 3.05) is 59.9 Å². The van der Waals surface area contributed by atoms with Crippen LogP contribution in [0.1, 0.15) is 12.8 Å². The van der Waals surface area contributed by atoms with Crippen LogP contribution < -0.4 is 4.72 Å². The Balaban J connectivity index is 1.80. The fourth-order valence-corrected chi connectivity index (χ4v) is 4.06. The van der Waals surface area contributed by atoms with Crippen molar-refractivity contribution in [3.05, 3.63) is 0 Å². The molecular formula is C12H26N4O2S. The van der Waals surface area contributed by atoms with Gasteiger partial charge in [-0.3, -0.25) is 0 Å². The summed E-state index contributed by atoms with van der Waals surface area (Å²) in [5, 5.41) is 0. The Morgan fingerprint density at radius 1 is 1.05 bits per heavy atom. The molecule has 0 aromatic heterocycles. The number of likely N-dealkylation sites (N-methyl/N-ethyl adjacent to an activating group) is 1. The van der Waals surface area contributed by atoms with E-state index in [1.165, 1.54) is 0 Å². The Morgan fingerprint density at radius 3 is 2.37 bits per heavy atom. The molecule has 0 aromatic carbocycles. The highest BCUT2D eigenvalue weighted by atomic mass is 32.2. The van der Waals surface area contributed by atoms with Crippen LogP contribution in [0.2, 0.25) is 0 Å². The fourth-order valence-electron chi connectivity index (χ4n) is 2.78. The van der Waals surface area contributed by atoms with Gasteiger partial charge in [-0.15, -0.1) is 0 Å². The molecule has 0 spiro atoms. The Bertz CT molecular complexity index is 379. The smallest absolute Gasteiger partial charge is 0.279 e. The van der Waals surface area contributed by atoms with E-state index in [2.05, 4.69) is 21.6 Å². The summed E-state index contributed by atoms with van der Waals surface area (Å²) < 4.78 is 28.8. The molecule has 2 fully saturated rings.